The molecule has 18 heteroatoms. The molecule has 0 atom stereocenters. The predicted octanol–water partition coefficient (Wildman–Crippen LogP) is -0.607. The number of rotatable bonds is 10. The van der Waals surface area contributed by atoms with Gasteiger partial charge in [-0.2, -0.15) is 43.8 Å². The van der Waals surface area contributed by atoms with Gasteiger partial charge < -0.3 is 4.55 Å². The molecule has 0 radical (unpaired) electrons. The van der Waals surface area contributed by atoms with E-state index in [0.717, 1.165) is 6.92 Å². The summed E-state index contributed by atoms with van der Waals surface area (Å²) in [7, 11) is -11.8. The third-order valence-corrected chi connectivity index (χ3v) is 5.79. The molecule has 28 heavy (non-hydrogen) atoms. The second-order valence-corrected chi connectivity index (χ2v) is 8.69. The van der Waals surface area contributed by atoms with Crippen LogP contribution in [-0.4, -0.2) is 67.8 Å². The van der Waals surface area contributed by atoms with Crippen molar-refractivity contribution in [2.75, 3.05) is 18.8 Å². The molecule has 0 rings (SSSR count). The van der Waals surface area contributed by atoms with Crippen molar-refractivity contribution in [1.29, 1.82) is 0 Å². The van der Waals surface area contributed by atoms with E-state index in [1.165, 1.54) is 0 Å². The fraction of sp³-hybridized carbons (Fsp3) is 1.00. The van der Waals surface area contributed by atoms with Crippen LogP contribution in [0.3, 0.4) is 0 Å². The minimum Gasteiger partial charge on any atom is -0.748 e. The Kier molecular flexibility index (Phi) is 9.95. The van der Waals surface area contributed by atoms with Crippen LogP contribution in [0.25, 0.3) is 0 Å². The van der Waals surface area contributed by atoms with Crippen molar-refractivity contribution in [3.63, 3.8) is 0 Å². The third kappa shape index (κ3) is 5.91. The normalized spacial score (nSPS) is 14.9. The quantitative estimate of drug-likeness (QED) is 0.242. The molecule has 0 heterocycles. The summed E-state index contributed by atoms with van der Waals surface area (Å²) in [4.78, 5) is 0. The first-order chi connectivity index (χ1) is 11.7. The number of hydrogen-bond acceptors (Lipinski definition) is 5. The van der Waals surface area contributed by atoms with Gasteiger partial charge in [-0.25, -0.2) is 16.8 Å². The van der Waals surface area contributed by atoms with Crippen LogP contribution in [0.15, 0.2) is 0 Å². The Balaban J connectivity index is 0. The van der Waals surface area contributed by atoms with Crippen LogP contribution < -0.4 is 18.9 Å². The number of alkyl halides is 9. The molecule has 164 valence electrons. The maximum Gasteiger partial charge on any atom is 1.00 e. The van der Waals surface area contributed by atoms with Crippen molar-refractivity contribution in [2.24, 2.45) is 0 Å². The van der Waals surface area contributed by atoms with Crippen LogP contribution in [0.5, 0.6) is 0 Å². The van der Waals surface area contributed by atoms with Crippen LogP contribution in [-0.2, 0) is 20.1 Å². The molecule has 0 aliphatic carbocycles. The van der Waals surface area contributed by atoms with Gasteiger partial charge in [0, 0.05) is 18.8 Å². The molecule has 0 fully saturated rings. The van der Waals surface area contributed by atoms with E-state index in [1.54, 1.807) is 0 Å². The molecule has 0 amide bonds. The van der Waals surface area contributed by atoms with E-state index >= 15 is 0 Å². The molecule has 0 bridgehead atoms. The zero-order chi connectivity index (χ0) is 22.1. The van der Waals surface area contributed by atoms with Gasteiger partial charge >= 0.3 is 42.1 Å². The van der Waals surface area contributed by atoms with Crippen molar-refractivity contribution in [2.45, 2.75) is 43.0 Å². The summed E-state index contributed by atoms with van der Waals surface area (Å²) in [5.74, 6) is -16.1. The summed E-state index contributed by atoms with van der Waals surface area (Å²) in [5.41, 5.74) is 0. The number of halogens is 9. The molecule has 0 aromatic rings. The smallest absolute Gasteiger partial charge is 0.748 e. The van der Waals surface area contributed by atoms with Gasteiger partial charge in [-0.05, 0) is 12.8 Å². The van der Waals surface area contributed by atoms with Crippen LogP contribution in [0.4, 0.5) is 39.5 Å². The van der Waals surface area contributed by atoms with E-state index in [0.29, 0.717) is 0 Å². The van der Waals surface area contributed by atoms with Crippen LogP contribution in [0.1, 0.15) is 19.8 Å². The monoisotopic (exact) mass is 469 g/mol. The molecule has 0 saturated carbocycles. The number of nitrogens with zero attached hydrogens (tertiary/aromatic N) is 1. The second-order valence-electron chi connectivity index (χ2n) is 5.18. The van der Waals surface area contributed by atoms with Gasteiger partial charge in [-0.1, -0.05) is 6.92 Å². The molecule has 0 spiro atoms. The fourth-order valence-electron chi connectivity index (χ4n) is 1.70. The van der Waals surface area contributed by atoms with Crippen molar-refractivity contribution in [3.05, 3.63) is 0 Å². The molecule has 0 aromatic heterocycles. The fourth-order valence-corrected chi connectivity index (χ4v) is 3.76. The summed E-state index contributed by atoms with van der Waals surface area (Å²) in [6, 6.07) is 0. The molecule has 0 aliphatic rings. The largest absolute Gasteiger partial charge is 1.00 e. The molecule has 0 aliphatic heterocycles. The van der Waals surface area contributed by atoms with Crippen molar-refractivity contribution < 1.29 is 79.8 Å². The van der Waals surface area contributed by atoms with Crippen LogP contribution in [0.2, 0.25) is 0 Å². The first kappa shape index (κ1) is 30.0. The van der Waals surface area contributed by atoms with Crippen molar-refractivity contribution >= 4 is 20.1 Å². The zero-order valence-corrected chi connectivity index (χ0v) is 15.9. The van der Waals surface area contributed by atoms with Gasteiger partial charge in [0.15, 0.2) is 0 Å². The average molecular weight is 469 g/mol. The number of sulfonamides is 1. The summed E-state index contributed by atoms with van der Waals surface area (Å²) in [6.45, 7) is -1.22. The average Bonchev–Trinajstić information content (AvgIpc) is 2.43. The van der Waals surface area contributed by atoms with Crippen molar-refractivity contribution in [1.82, 2.24) is 4.31 Å². The van der Waals surface area contributed by atoms with E-state index in [4.69, 9.17) is 0 Å². The van der Waals surface area contributed by atoms with Gasteiger partial charge in [0.1, 0.15) is 0 Å². The van der Waals surface area contributed by atoms with Crippen molar-refractivity contribution in [3.8, 4) is 0 Å². The van der Waals surface area contributed by atoms with E-state index in [1.807, 2.05) is 0 Å². The minimum atomic E-state index is -7.40. The maximum absolute atomic E-state index is 13.7. The molecule has 0 aromatic carbocycles. The van der Waals surface area contributed by atoms with Gasteiger partial charge in [-0.15, -0.1) is 0 Å². The Hall–Kier alpha value is -0.213. The SMILES string of the molecule is CCCN(CCCS(=O)(=O)[O-])S(=O)(=O)C(F)(F)C(F)(F)C(F)(F)C(F)(F)F.[Li+]. The molecular formula is C10H13F9LiNO5S2. The molecule has 0 unspecified atom stereocenters. The second kappa shape index (κ2) is 9.29. The van der Waals surface area contributed by atoms with Gasteiger partial charge in [0.2, 0.25) is 0 Å². The Bertz CT molecular complexity index is 724. The summed E-state index contributed by atoms with van der Waals surface area (Å²) in [5, 5.41) is -6.90. The summed E-state index contributed by atoms with van der Waals surface area (Å²) in [6.07, 6.45) is -8.55. The predicted molar refractivity (Wildman–Crippen MR) is 70.9 cm³/mol. The maximum atomic E-state index is 13.7. The van der Waals surface area contributed by atoms with Gasteiger partial charge in [0.05, 0.1) is 10.1 Å². The molecule has 0 N–H and O–H groups in total. The van der Waals surface area contributed by atoms with E-state index in [9.17, 15) is 60.9 Å². The molecular weight excluding hydrogens is 456 g/mol. The Morgan fingerprint density at radius 1 is 0.821 bits per heavy atom. The Labute approximate surface area is 166 Å². The van der Waals surface area contributed by atoms with Gasteiger partial charge in [0.25, 0.3) is 10.0 Å². The Morgan fingerprint density at radius 3 is 1.57 bits per heavy atom. The van der Waals surface area contributed by atoms with Gasteiger partial charge in [-0.3, -0.25) is 0 Å². The summed E-state index contributed by atoms with van der Waals surface area (Å²) >= 11 is 0. The Morgan fingerprint density at radius 2 is 1.25 bits per heavy atom. The van der Waals surface area contributed by atoms with E-state index < -0.39 is 73.0 Å². The molecule has 6 nitrogen and oxygen atoms in total. The van der Waals surface area contributed by atoms with Crippen LogP contribution >= 0.6 is 0 Å². The minimum absolute atomic E-state index is 0. The topological polar surface area (TPSA) is 94.6 Å². The number of hydrogen-bond donors (Lipinski definition) is 0. The third-order valence-electron chi connectivity index (χ3n) is 3.05. The van der Waals surface area contributed by atoms with E-state index in [-0.39, 0.29) is 25.3 Å². The standard InChI is InChI=1S/C10H14F9NO5S2.Li/c1-2-4-20(5-3-6-26(21,22)23)27(24,25)10(18,19)8(13,14)7(11,12)9(15,16)17;/h2-6H2,1H3,(H,21,22,23);/q;+1/p-1. The van der Waals surface area contributed by atoms with E-state index in [2.05, 4.69) is 0 Å². The van der Waals surface area contributed by atoms with Crippen LogP contribution in [0, 0.1) is 0 Å². The zero-order valence-electron chi connectivity index (χ0n) is 14.2. The summed E-state index contributed by atoms with van der Waals surface area (Å²) < 4.78 is 170. The molecule has 0 saturated heterocycles. The first-order valence-corrected chi connectivity index (χ1v) is 9.82. The first-order valence-electron chi connectivity index (χ1n) is 6.80.